The van der Waals surface area contributed by atoms with Crippen LogP contribution in [0.15, 0.2) is 24.3 Å². The van der Waals surface area contributed by atoms with Gasteiger partial charge in [0.15, 0.2) is 0 Å². The lowest BCUT2D eigenvalue weighted by Gasteiger charge is -2.61. The van der Waals surface area contributed by atoms with Gasteiger partial charge in [0.1, 0.15) is 5.82 Å². The van der Waals surface area contributed by atoms with Crippen LogP contribution in [-0.4, -0.2) is 23.9 Å². The summed E-state index contributed by atoms with van der Waals surface area (Å²) in [6.45, 7) is 4.94. The van der Waals surface area contributed by atoms with Crippen molar-refractivity contribution in [2.75, 3.05) is 7.05 Å². The molecule has 0 spiro atoms. The third-order valence-corrected chi connectivity index (χ3v) is 9.84. The number of carbonyl (C=O) groups excluding carboxylic acids is 1. The number of hydrogen-bond acceptors (Lipinski definition) is 1. The lowest BCUT2D eigenvalue weighted by molar-refractivity contribution is -0.157. The van der Waals surface area contributed by atoms with Crippen molar-refractivity contribution in [3.8, 4) is 0 Å². The summed E-state index contributed by atoms with van der Waals surface area (Å²) in [7, 11) is 2.03. The van der Waals surface area contributed by atoms with Crippen molar-refractivity contribution >= 4 is 5.91 Å². The van der Waals surface area contributed by atoms with Gasteiger partial charge in [-0.3, -0.25) is 4.79 Å². The van der Waals surface area contributed by atoms with Gasteiger partial charge >= 0.3 is 0 Å². The first kappa shape index (κ1) is 18.6. The third kappa shape index (κ3) is 2.40. The van der Waals surface area contributed by atoms with E-state index in [1.807, 2.05) is 25.2 Å². The Hall–Kier alpha value is -1.38. The molecule has 4 fully saturated rings. The van der Waals surface area contributed by atoms with E-state index in [1.165, 1.54) is 25.7 Å². The zero-order chi connectivity index (χ0) is 19.7. The van der Waals surface area contributed by atoms with Crippen LogP contribution in [0.5, 0.6) is 0 Å². The van der Waals surface area contributed by atoms with E-state index in [-0.39, 0.29) is 16.6 Å². The molecule has 152 valence electrons. The van der Waals surface area contributed by atoms with E-state index >= 15 is 0 Å². The first-order valence-electron chi connectivity index (χ1n) is 11.4. The van der Waals surface area contributed by atoms with Crippen LogP contribution in [0.1, 0.15) is 76.7 Å². The predicted molar refractivity (Wildman–Crippen MR) is 109 cm³/mol. The normalized spacial score (nSPS) is 45.4. The van der Waals surface area contributed by atoms with Gasteiger partial charge in [-0.1, -0.05) is 32.0 Å². The van der Waals surface area contributed by atoms with E-state index in [9.17, 15) is 9.18 Å². The lowest BCUT2D eigenvalue weighted by Crippen LogP contribution is -2.61. The molecule has 1 aromatic carbocycles. The molecule has 0 N–H and O–H groups in total. The Morgan fingerprint density at radius 3 is 2.50 bits per heavy atom. The number of hydrogen-bond donors (Lipinski definition) is 0. The Balaban J connectivity index is 1.46. The maximum absolute atomic E-state index is 14.6. The first-order chi connectivity index (χ1) is 13.4. The van der Waals surface area contributed by atoms with Crippen LogP contribution in [0.4, 0.5) is 4.39 Å². The van der Waals surface area contributed by atoms with Gasteiger partial charge in [-0.05, 0) is 91.1 Å². The monoisotopic (exact) mass is 383 g/mol. The molecule has 3 aliphatic carbocycles. The number of carbonyl (C=O) groups is 1. The van der Waals surface area contributed by atoms with E-state index in [0.29, 0.717) is 30.2 Å². The minimum Gasteiger partial charge on any atom is -0.342 e. The van der Waals surface area contributed by atoms with Crippen LogP contribution in [0.3, 0.4) is 0 Å². The highest BCUT2D eigenvalue weighted by atomic mass is 19.1. The molecule has 1 amide bonds. The highest BCUT2D eigenvalue weighted by molar-refractivity contribution is 5.77. The van der Waals surface area contributed by atoms with E-state index in [0.717, 1.165) is 36.7 Å². The molecule has 0 aromatic heterocycles. The van der Waals surface area contributed by atoms with E-state index in [4.69, 9.17) is 0 Å². The van der Waals surface area contributed by atoms with E-state index in [2.05, 4.69) is 18.7 Å². The fraction of sp³-hybridized carbons (Fsp3) is 0.720. The van der Waals surface area contributed by atoms with Gasteiger partial charge in [-0.15, -0.1) is 0 Å². The first-order valence-corrected chi connectivity index (χ1v) is 11.4. The standard InChI is InChI=1S/C25H34FNO/c1-24-14-12-20-16(8-11-22-25(20,2)15-13-23(28)27(22)3)18(24)9-10-19(24)17-6-4-5-7-21(17)26/h4-7,16,18-20,22H,8-15H2,1-3H3/t16-,18-,19?,20+,22?,24-,25+/m0/s1. The van der Waals surface area contributed by atoms with Gasteiger partial charge in [0.25, 0.3) is 0 Å². The third-order valence-electron chi connectivity index (χ3n) is 9.84. The molecule has 3 heteroatoms. The van der Waals surface area contributed by atoms with Crippen molar-refractivity contribution in [2.24, 2.45) is 28.6 Å². The molecule has 1 saturated heterocycles. The smallest absolute Gasteiger partial charge is 0.222 e. The molecule has 7 atom stereocenters. The summed E-state index contributed by atoms with van der Waals surface area (Å²) in [5.41, 5.74) is 1.44. The zero-order valence-corrected chi connectivity index (χ0v) is 17.6. The van der Waals surface area contributed by atoms with Crippen LogP contribution in [0.25, 0.3) is 0 Å². The maximum atomic E-state index is 14.6. The van der Waals surface area contributed by atoms with Crippen molar-refractivity contribution in [3.63, 3.8) is 0 Å². The Kier molecular flexibility index (Phi) is 4.20. The number of amides is 1. The van der Waals surface area contributed by atoms with Gasteiger partial charge < -0.3 is 4.90 Å². The molecular formula is C25H34FNO. The van der Waals surface area contributed by atoms with Crippen molar-refractivity contribution < 1.29 is 9.18 Å². The molecule has 1 aliphatic heterocycles. The van der Waals surface area contributed by atoms with E-state index < -0.39 is 0 Å². The SMILES string of the molecule is CN1C(=O)CC[C@@]2(C)C1CC[C@@H]1[C@H]2CC[C@]2(C)C(c3ccccc3F)CC[C@@H]12. The molecule has 3 saturated carbocycles. The van der Waals surface area contributed by atoms with Gasteiger partial charge in [0.2, 0.25) is 5.91 Å². The minimum absolute atomic E-state index is 0.0143. The van der Waals surface area contributed by atoms with Crippen molar-refractivity contribution in [1.29, 1.82) is 0 Å². The van der Waals surface area contributed by atoms with Crippen LogP contribution in [0.2, 0.25) is 0 Å². The second-order valence-corrected chi connectivity index (χ2v) is 10.7. The van der Waals surface area contributed by atoms with Crippen molar-refractivity contribution in [3.05, 3.63) is 35.6 Å². The molecule has 0 radical (unpaired) electrons. The summed E-state index contributed by atoms with van der Waals surface area (Å²) in [4.78, 5) is 14.4. The average Bonchev–Trinajstić information content (AvgIpc) is 3.03. The number of benzene rings is 1. The number of rotatable bonds is 1. The molecule has 1 aromatic rings. The summed E-state index contributed by atoms with van der Waals surface area (Å²) in [6, 6.07) is 7.90. The summed E-state index contributed by atoms with van der Waals surface area (Å²) >= 11 is 0. The zero-order valence-electron chi connectivity index (χ0n) is 17.6. The molecule has 2 unspecified atom stereocenters. The van der Waals surface area contributed by atoms with E-state index in [1.54, 1.807) is 6.07 Å². The Morgan fingerprint density at radius 2 is 1.71 bits per heavy atom. The predicted octanol–water partition coefficient (Wildman–Crippen LogP) is 5.77. The van der Waals surface area contributed by atoms with Crippen LogP contribution in [0, 0.1) is 34.4 Å². The van der Waals surface area contributed by atoms with Gasteiger partial charge in [-0.25, -0.2) is 4.39 Å². The Morgan fingerprint density at radius 1 is 0.964 bits per heavy atom. The lowest BCUT2D eigenvalue weighted by atomic mass is 9.46. The number of fused-ring (bicyclic) bond motifs is 5. The molecule has 1 heterocycles. The molecular weight excluding hydrogens is 349 g/mol. The quantitative estimate of drug-likeness (QED) is 0.602. The largest absolute Gasteiger partial charge is 0.342 e. The molecule has 0 bridgehead atoms. The second-order valence-electron chi connectivity index (χ2n) is 10.7. The Labute approximate surface area is 168 Å². The highest BCUT2D eigenvalue weighted by Crippen LogP contribution is 2.68. The van der Waals surface area contributed by atoms with Gasteiger partial charge in [-0.2, -0.15) is 0 Å². The molecule has 28 heavy (non-hydrogen) atoms. The maximum Gasteiger partial charge on any atom is 0.222 e. The number of piperidine rings is 1. The minimum atomic E-state index is -0.0143. The van der Waals surface area contributed by atoms with Gasteiger partial charge in [0.05, 0.1) is 0 Å². The fourth-order valence-corrected chi connectivity index (χ4v) is 8.42. The second kappa shape index (κ2) is 6.31. The van der Waals surface area contributed by atoms with Crippen LogP contribution < -0.4 is 0 Å². The molecule has 2 nitrogen and oxygen atoms in total. The van der Waals surface area contributed by atoms with Gasteiger partial charge in [0, 0.05) is 19.5 Å². The van der Waals surface area contributed by atoms with Crippen LogP contribution >= 0.6 is 0 Å². The number of nitrogens with zero attached hydrogens (tertiary/aromatic N) is 1. The molecule has 5 rings (SSSR count). The van der Waals surface area contributed by atoms with Crippen molar-refractivity contribution in [1.82, 2.24) is 4.90 Å². The summed E-state index contributed by atoms with van der Waals surface area (Å²) in [6.07, 6.45) is 8.99. The average molecular weight is 384 g/mol. The van der Waals surface area contributed by atoms with Crippen LogP contribution in [-0.2, 0) is 4.79 Å². The fourth-order valence-electron chi connectivity index (χ4n) is 8.42. The summed E-state index contributed by atoms with van der Waals surface area (Å²) in [5, 5.41) is 0. The summed E-state index contributed by atoms with van der Waals surface area (Å²) < 4.78 is 14.6. The molecule has 4 aliphatic rings. The topological polar surface area (TPSA) is 20.3 Å². The highest BCUT2D eigenvalue weighted by Gasteiger charge is 2.61. The Bertz CT molecular complexity index is 793. The van der Waals surface area contributed by atoms with Crippen molar-refractivity contribution in [2.45, 2.75) is 77.2 Å². The number of likely N-dealkylation sites (tertiary alicyclic amines) is 1. The number of halogens is 1. The summed E-state index contributed by atoms with van der Waals surface area (Å²) in [5.74, 6) is 2.86.